The summed E-state index contributed by atoms with van der Waals surface area (Å²) in [6.45, 7) is 1.73. The largest absolute Gasteiger partial charge is 0.493 e. The minimum atomic E-state index is -0.781. The molecule has 178 valence electrons. The molecule has 0 fully saturated rings. The van der Waals surface area contributed by atoms with Crippen LogP contribution in [0.15, 0.2) is 46.9 Å². The highest BCUT2D eigenvalue weighted by Crippen LogP contribution is 2.41. The Morgan fingerprint density at radius 3 is 2.18 bits per heavy atom. The van der Waals surface area contributed by atoms with Crippen LogP contribution in [0.2, 0.25) is 0 Å². The van der Waals surface area contributed by atoms with Crippen molar-refractivity contribution >= 4 is 11.5 Å². The number of hydrogen-bond donors (Lipinski definition) is 0. The Bertz CT molecular complexity index is 1180. The van der Waals surface area contributed by atoms with Crippen molar-refractivity contribution < 1.29 is 32.9 Å². The number of carbonyl (C=O) groups excluding carboxylic acids is 1. The van der Waals surface area contributed by atoms with Crippen molar-refractivity contribution in [3.63, 3.8) is 0 Å². The number of Topliss-reactive ketones (excluding diaryl/α,β-unsaturated/α-hetero) is 1. The van der Waals surface area contributed by atoms with Crippen molar-refractivity contribution in [1.29, 1.82) is 0 Å². The molecule has 0 spiro atoms. The fraction of sp³-hybridized carbons (Fsp3) is 0.320. The minimum absolute atomic E-state index is 0.178. The molecule has 9 nitrogen and oxygen atoms in total. The van der Waals surface area contributed by atoms with E-state index in [-0.39, 0.29) is 5.78 Å². The molecule has 2 atom stereocenters. The highest BCUT2D eigenvalue weighted by atomic mass is 16.5. The number of nitrogens with zero attached hydrogens (tertiary/aromatic N) is 2. The van der Waals surface area contributed by atoms with Gasteiger partial charge in [-0.3, -0.25) is 4.79 Å². The van der Waals surface area contributed by atoms with Gasteiger partial charge in [-0.25, -0.2) is 0 Å². The third-order valence-corrected chi connectivity index (χ3v) is 5.53. The number of hydrogen-bond acceptors (Lipinski definition) is 9. The van der Waals surface area contributed by atoms with Crippen LogP contribution >= 0.6 is 0 Å². The van der Waals surface area contributed by atoms with Crippen LogP contribution in [0.4, 0.5) is 0 Å². The predicted molar refractivity (Wildman–Crippen MR) is 123 cm³/mol. The summed E-state index contributed by atoms with van der Waals surface area (Å²) in [5.41, 5.74) is 2.19. The monoisotopic (exact) mass is 466 g/mol. The normalized spacial score (nSPS) is 15.9. The molecule has 0 aliphatic carbocycles. The van der Waals surface area contributed by atoms with E-state index in [1.54, 1.807) is 40.4 Å². The maximum absolute atomic E-state index is 13.3. The molecule has 0 bridgehead atoms. The average Bonchev–Trinajstić information content (AvgIpc) is 3.53. The van der Waals surface area contributed by atoms with Gasteiger partial charge in [0.25, 0.3) is 0 Å². The SMILES string of the molecule is COc1cc(C2=CCC(C(=O)C(OC)c3ccc(-c4nnc(C)o4)cc3)O2)cc(OC)c1OC. The van der Waals surface area contributed by atoms with Gasteiger partial charge in [-0.1, -0.05) is 12.1 Å². The Morgan fingerprint density at radius 1 is 0.971 bits per heavy atom. The van der Waals surface area contributed by atoms with E-state index in [0.717, 1.165) is 11.1 Å². The van der Waals surface area contributed by atoms with E-state index in [4.69, 9.17) is 28.1 Å². The van der Waals surface area contributed by atoms with Crippen molar-refractivity contribution in [2.75, 3.05) is 28.4 Å². The Kier molecular flexibility index (Phi) is 6.83. The van der Waals surface area contributed by atoms with Gasteiger partial charge in [-0.15, -0.1) is 10.2 Å². The summed E-state index contributed by atoms with van der Waals surface area (Å²) in [4.78, 5) is 13.3. The predicted octanol–water partition coefficient (Wildman–Crippen LogP) is 4.16. The average molecular weight is 466 g/mol. The van der Waals surface area contributed by atoms with Gasteiger partial charge in [-0.05, 0) is 35.9 Å². The first-order chi connectivity index (χ1) is 16.5. The summed E-state index contributed by atoms with van der Waals surface area (Å²) in [6, 6.07) is 10.8. The highest BCUT2D eigenvalue weighted by Gasteiger charge is 2.33. The van der Waals surface area contributed by atoms with Crippen LogP contribution in [-0.4, -0.2) is 50.5 Å². The quantitative estimate of drug-likeness (QED) is 0.460. The van der Waals surface area contributed by atoms with Crippen molar-refractivity contribution in [2.24, 2.45) is 0 Å². The molecule has 2 aromatic carbocycles. The Hall–Kier alpha value is -3.85. The molecule has 3 aromatic rings. The third kappa shape index (κ3) is 4.47. The molecule has 9 heteroatoms. The number of carbonyl (C=O) groups is 1. The molecule has 2 heterocycles. The molecule has 1 aliphatic rings. The van der Waals surface area contributed by atoms with Crippen molar-refractivity contribution in [1.82, 2.24) is 10.2 Å². The second-order valence-corrected chi connectivity index (χ2v) is 7.59. The fourth-order valence-electron chi connectivity index (χ4n) is 3.85. The van der Waals surface area contributed by atoms with Crippen molar-refractivity contribution in [2.45, 2.75) is 25.6 Å². The van der Waals surface area contributed by atoms with E-state index < -0.39 is 12.2 Å². The van der Waals surface area contributed by atoms with E-state index in [2.05, 4.69) is 10.2 Å². The molecule has 4 rings (SSSR count). The number of methoxy groups -OCH3 is 4. The van der Waals surface area contributed by atoms with Gasteiger partial charge < -0.3 is 28.1 Å². The summed E-state index contributed by atoms with van der Waals surface area (Å²) < 4.78 is 33.2. The van der Waals surface area contributed by atoms with Crippen LogP contribution in [-0.2, 0) is 14.3 Å². The molecule has 0 amide bonds. The van der Waals surface area contributed by atoms with Gasteiger partial charge in [0.05, 0.1) is 21.3 Å². The second-order valence-electron chi connectivity index (χ2n) is 7.59. The fourth-order valence-corrected chi connectivity index (χ4v) is 3.85. The van der Waals surface area contributed by atoms with Gasteiger partial charge in [0.2, 0.25) is 23.3 Å². The zero-order chi connectivity index (χ0) is 24.2. The van der Waals surface area contributed by atoms with Crippen LogP contribution in [0.5, 0.6) is 17.2 Å². The number of benzene rings is 2. The van der Waals surface area contributed by atoms with E-state index in [1.807, 2.05) is 30.3 Å². The molecular weight excluding hydrogens is 440 g/mol. The van der Waals surface area contributed by atoms with Crippen LogP contribution in [0.1, 0.15) is 29.5 Å². The van der Waals surface area contributed by atoms with Crippen LogP contribution in [0, 0.1) is 6.92 Å². The zero-order valence-corrected chi connectivity index (χ0v) is 19.7. The van der Waals surface area contributed by atoms with Gasteiger partial charge in [-0.2, -0.15) is 0 Å². The molecule has 1 aliphatic heterocycles. The molecule has 0 radical (unpaired) electrons. The van der Waals surface area contributed by atoms with Crippen LogP contribution in [0.25, 0.3) is 17.2 Å². The topological polar surface area (TPSA) is 102 Å². The number of rotatable bonds is 9. The maximum atomic E-state index is 13.3. The first-order valence-electron chi connectivity index (χ1n) is 10.6. The lowest BCUT2D eigenvalue weighted by Crippen LogP contribution is -2.27. The standard InChI is InChI=1S/C25H26N2O7/c1-14-26-27-25(33-14)16-8-6-15(7-9-16)23(31-4)22(28)19-11-10-18(34-19)17-12-20(29-2)24(32-5)21(13-17)30-3/h6-10,12-13,19,23H,11H2,1-5H3. The first-order valence-corrected chi connectivity index (χ1v) is 10.6. The zero-order valence-electron chi connectivity index (χ0n) is 19.7. The molecule has 34 heavy (non-hydrogen) atoms. The van der Waals surface area contributed by atoms with E-state index >= 15 is 0 Å². The molecular formula is C25H26N2O7. The lowest BCUT2D eigenvalue weighted by atomic mass is 9.99. The number of ether oxygens (including phenoxy) is 5. The van der Waals surface area contributed by atoms with Gasteiger partial charge >= 0.3 is 0 Å². The van der Waals surface area contributed by atoms with Gasteiger partial charge in [0.15, 0.2) is 17.6 Å². The number of aromatic nitrogens is 2. The van der Waals surface area contributed by atoms with Crippen molar-refractivity contribution in [3.05, 3.63) is 59.5 Å². The summed E-state index contributed by atoms with van der Waals surface area (Å²) >= 11 is 0. The van der Waals surface area contributed by atoms with E-state index in [0.29, 0.717) is 46.8 Å². The Morgan fingerprint density at radius 2 is 1.65 bits per heavy atom. The third-order valence-electron chi connectivity index (χ3n) is 5.53. The van der Waals surface area contributed by atoms with E-state index in [9.17, 15) is 4.79 Å². The molecule has 0 saturated carbocycles. The Balaban J connectivity index is 1.50. The molecule has 2 unspecified atom stereocenters. The summed E-state index contributed by atoms with van der Waals surface area (Å²) in [7, 11) is 6.14. The van der Waals surface area contributed by atoms with Gasteiger partial charge in [0.1, 0.15) is 11.9 Å². The van der Waals surface area contributed by atoms with Gasteiger partial charge in [0, 0.05) is 31.6 Å². The lowest BCUT2D eigenvalue weighted by Gasteiger charge is -2.20. The minimum Gasteiger partial charge on any atom is -0.493 e. The molecule has 1 aromatic heterocycles. The smallest absolute Gasteiger partial charge is 0.247 e. The number of aryl methyl sites for hydroxylation is 1. The summed E-state index contributed by atoms with van der Waals surface area (Å²) in [6.07, 6.45) is 0.828. The van der Waals surface area contributed by atoms with E-state index in [1.165, 1.54) is 7.11 Å². The molecule has 0 N–H and O–H groups in total. The number of ketones is 1. The highest BCUT2D eigenvalue weighted by molar-refractivity contribution is 5.90. The van der Waals surface area contributed by atoms with Crippen LogP contribution < -0.4 is 14.2 Å². The second kappa shape index (κ2) is 9.96. The first kappa shape index (κ1) is 23.3. The van der Waals surface area contributed by atoms with Crippen molar-refractivity contribution in [3.8, 4) is 28.7 Å². The maximum Gasteiger partial charge on any atom is 0.247 e. The summed E-state index contributed by atoms with van der Waals surface area (Å²) in [5, 5.41) is 7.85. The summed E-state index contributed by atoms with van der Waals surface area (Å²) in [5.74, 6) is 2.78. The van der Waals surface area contributed by atoms with Crippen LogP contribution in [0.3, 0.4) is 0 Å². The molecule has 0 saturated heterocycles. The lowest BCUT2D eigenvalue weighted by molar-refractivity contribution is -0.136. The Labute approximate surface area is 197 Å².